The summed E-state index contributed by atoms with van der Waals surface area (Å²) in [5.74, 6) is -1.54. The molecule has 5 rings (SSSR count). The fourth-order valence-electron chi connectivity index (χ4n) is 4.88. The minimum absolute atomic E-state index is 0.00524. The highest BCUT2D eigenvalue weighted by molar-refractivity contribution is 5.88. The number of benzene rings is 1. The van der Waals surface area contributed by atoms with Crippen LogP contribution in [0.25, 0.3) is 22.2 Å². The second-order valence-electron chi connectivity index (χ2n) is 8.20. The predicted molar refractivity (Wildman–Crippen MR) is 117 cm³/mol. The lowest BCUT2D eigenvalue weighted by molar-refractivity contribution is -0.172. The standard InChI is InChI=1S/C23H22FN3O6/c1-3-23(31)13-7-16-19-17(9-27(16)21(29)12(13)10-33-22(23)30)26(5-4-25)15-8-18(32-2)14(24)6-11(15)20(19)28/h6-8,31H,3-5,9-10,25H2,1-2H3/t23-/m0/s1. The van der Waals surface area contributed by atoms with Crippen molar-refractivity contribution >= 4 is 16.9 Å². The number of hydrogen-bond acceptors (Lipinski definition) is 7. The van der Waals surface area contributed by atoms with E-state index in [0.29, 0.717) is 17.8 Å². The average Bonchev–Trinajstić information content (AvgIpc) is 3.19. The maximum Gasteiger partial charge on any atom is 0.343 e. The van der Waals surface area contributed by atoms with Crippen molar-refractivity contribution in [3.63, 3.8) is 0 Å². The minimum Gasteiger partial charge on any atom is -0.494 e. The van der Waals surface area contributed by atoms with Crippen molar-refractivity contribution in [3.05, 3.63) is 61.4 Å². The number of aromatic nitrogens is 2. The third-order valence-electron chi connectivity index (χ3n) is 6.61. The second-order valence-corrected chi connectivity index (χ2v) is 8.20. The van der Waals surface area contributed by atoms with Crippen molar-refractivity contribution < 1.29 is 23.8 Å². The normalized spacial score (nSPS) is 18.6. The molecule has 0 aliphatic carbocycles. The van der Waals surface area contributed by atoms with Gasteiger partial charge in [0.15, 0.2) is 22.6 Å². The van der Waals surface area contributed by atoms with Gasteiger partial charge in [-0.15, -0.1) is 0 Å². The molecule has 9 nitrogen and oxygen atoms in total. The Balaban J connectivity index is 1.89. The Bertz CT molecular complexity index is 1470. The summed E-state index contributed by atoms with van der Waals surface area (Å²) in [6.07, 6.45) is -0.00524. The first-order valence-corrected chi connectivity index (χ1v) is 10.6. The molecule has 0 saturated carbocycles. The number of hydrogen-bond donors (Lipinski definition) is 2. The molecule has 0 bridgehead atoms. The van der Waals surface area contributed by atoms with E-state index in [9.17, 15) is 23.9 Å². The van der Waals surface area contributed by atoms with E-state index < -0.39 is 28.4 Å². The van der Waals surface area contributed by atoms with Crippen molar-refractivity contribution in [1.29, 1.82) is 0 Å². The Hall–Kier alpha value is -3.50. The van der Waals surface area contributed by atoms with Crippen LogP contribution in [0.3, 0.4) is 0 Å². The van der Waals surface area contributed by atoms with Crippen LogP contribution in [0.2, 0.25) is 0 Å². The van der Waals surface area contributed by atoms with Crippen LogP contribution < -0.4 is 21.5 Å². The van der Waals surface area contributed by atoms with Crippen LogP contribution in [0.1, 0.15) is 30.2 Å². The first-order valence-electron chi connectivity index (χ1n) is 10.6. The summed E-state index contributed by atoms with van der Waals surface area (Å²) in [6.45, 7) is 1.98. The summed E-state index contributed by atoms with van der Waals surface area (Å²) in [5.41, 5.74) is 4.70. The zero-order chi connectivity index (χ0) is 23.7. The van der Waals surface area contributed by atoms with Gasteiger partial charge >= 0.3 is 5.97 Å². The average molecular weight is 455 g/mol. The van der Waals surface area contributed by atoms with Gasteiger partial charge in [-0.05, 0) is 18.6 Å². The molecule has 0 saturated heterocycles. The summed E-state index contributed by atoms with van der Waals surface area (Å²) in [5, 5.41) is 11.1. The number of nitrogens with zero attached hydrogens (tertiary/aromatic N) is 2. The topological polar surface area (TPSA) is 126 Å². The molecular weight excluding hydrogens is 433 g/mol. The number of nitrogens with two attached hydrogens (primary N) is 1. The third-order valence-corrected chi connectivity index (χ3v) is 6.61. The summed E-state index contributed by atoms with van der Waals surface area (Å²) in [7, 11) is 1.33. The Labute approximate surface area is 186 Å². The van der Waals surface area contributed by atoms with Gasteiger partial charge in [-0.25, -0.2) is 9.18 Å². The molecule has 0 fully saturated rings. The lowest BCUT2D eigenvalue weighted by Crippen LogP contribution is -2.44. The highest BCUT2D eigenvalue weighted by Gasteiger charge is 2.45. The van der Waals surface area contributed by atoms with Crippen LogP contribution in [0.4, 0.5) is 4.39 Å². The van der Waals surface area contributed by atoms with E-state index in [1.165, 1.54) is 23.8 Å². The second kappa shape index (κ2) is 7.26. The highest BCUT2D eigenvalue weighted by atomic mass is 19.1. The number of carbonyl (C=O) groups is 1. The highest BCUT2D eigenvalue weighted by Crippen LogP contribution is 2.38. The van der Waals surface area contributed by atoms with Crippen LogP contribution in [-0.2, 0) is 34.8 Å². The summed E-state index contributed by atoms with van der Waals surface area (Å²) in [4.78, 5) is 39.2. The van der Waals surface area contributed by atoms with Crippen LogP contribution in [-0.4, -0.2) is 33.9 Å². The number of halogens is 1. The lowest BCUT2D eigenvalue weighted by atomic mass is 9.86. The number of aliphatic hydroxyl groups is 1. The molecule has 10 heteroatoms. The minimum atomic E-state index is -1.99. The lowest BCUT2D eigenvalue weighted by Gasteiger charge is -2.31. The van der Waals surface area contributed by atoms with Gasteiger partial charge in [-0.2, -0.15) is 0 Å². The van der Waals surface area contributed by atoms with Gasteiger partial charge in [0.2, 0.25) is 0 Å². The maximum absolute atomic E-state index is 14.5. The van der Waals surface area contributed by atoms with Gasteiger partial charge < -0.3 is 29.4 Å². The molecule has 0 amide bonds. The Morgan fingerprint density at radius 1 is 1.27 bits per heavy atom. The quantitative estimate of drug-likeness (QED) is 0.439. The fraction of sp³-hybridized carbons (Fsp3) is 0.348. The molecule has 3 N–H and O–H groups in total. The Morgan fingerprint density at radius 3 is 2.70 bits per heavy atom. The molecule has 0 unspecified atom stereocenters. The molecule has 4 heterocycles. The molecule has 2 aliphatic heterocycles. The van der Waals surface area contributed by atoms with Gasteiger partial charge in [0.05, 0.1) is 41.7 Å². The molecule has 2 aromatic heterocycles. The first kappa shape index (κ1) is 21.4. The zero-order valence-electron chi connectivity index (χ0n) is 18.1. The smallest absolute Gasteiger partial charge is 0.343 e. The van der Waals surface area contributed by atoms with E-state index in [0.717, 1.165) is 6.07 Å². The van der Waals surface area contributed by atoms with E-state index in [-0.39, 0.29) is 59.6 Å². The number of pyridine rings is 2. The van der Waals surface area contributed by atoms with Gasteiger partial charge in [0, 0.05) is 30.1 Å². The van der Waals surface area contributed by atoms with Crippen molar-refractivity contribution in [2.24, 2.45) is 5.73 Å². The zero-order valence-corrected chi connectivity index (χ0v) is 18.1. The molecular formula is C23H22FN3O6. The summed E-state index contributed by atoms with van der Waals surface area (Å²) in [6, 6.07) is 4.07. The van der Waals surface area contributed by atoms with E-state index in [1.807, 2.05) is 0 Å². The fourth-order valence-corrected chi connectivity index (χ4v) is 4.88. The number of fused-ring (bicyclic) bond motifs is 5. The molecule has 2 aliphatic rings. The third kappa shape index (κ3) is 2.74. The van der Waals surface area contributed by atoms with Crippen molar-refractivity contribution in [2.75, 3.05) is 13.7 Å². The first-order chi connectivity index (χ1) is 15.8. The number of cyclic esters (lactones) is 1. The van der Waals surface area contributed by atoms with Crippen molar-refractivity contribution in [3.8, 4) is 17.0 Å². The van der Waals surface area contributed by atoms with E-state index in [1.54, 1.807) is 11.5 Å². The number of ether oxygens (including phenoxy) is 2. The van der Waals surface area contributed by atoms with Gasteiger partial charge in [-0.3, -0.25) is 9.59 Å². The molecule has 0 spiro atoms. The Morgan fingerprint density at radius 2 is 2.03 bits per heavy atom. The number of carbonyl (C=O) groups excluding carboxylic acids is 1. The van der Waals surface area contributed by atoms with Crippen LogP contribution in [0, 0.1) is 5.82 Å². The maximum atomic E-state index is 14.5. The van der Waals surface area contributed by atoms with Crippen LogP contribution >= 0.6 is 0 Å². The Kier molecular flexibility index (Phi) is 4.69. The van der Waals surface area contributed by atoms with Crippen LogP contribution in [0.15, 0.2) is 27.8 Å². The molecule has 1 aromatic carbocycles. The molecule has 172 valence electrons. The van der Waals surface area contributed by atoms with Gasteiger partial charge in [0.25, 0.3) is 5.56 Å². The molecule has 1 atom stereocenters. The van der Waals surface area contributed by atoms with E-state index in [4.69, 9.17) is 15.2 Å². The molecule has 0 radical (unpaired) electrons. The number of esters is 1. The van der Waals surface area contributed by atoms with Crippen molar-refractivity contribution in [2.45, 2.75) is 38.6 Å². The summed E-state index contributed by atoms with van der Waals surface area (Å²) >= 11 is 0. The van der Waals surface area contributed by atoms with E-state index in [2.05, 4.69) is 0 Å². The largest absolute Gasteiger partial charge is 0.494 e. The van der Waals surface area contributed by atoms with Gasteiger partial charge in [-0.1, -0.05) is 6.92 Å². The van der Waals surface area contributed by atoms with Crippen LogP contribution in [0.5, 0.6) is 5.75 Å². The van der Waals surface area contributed by atoms with Gasteiger partial charge in [0.1, 0.15) is 6.61 Å². The number of methoxy groups -OCH3 is 1. The predicted octanol–water partition coefficient (Wildman–Crippen LogP) is 0.953. The molecule has 3 aromatic rings. The SMILES string of the molecule is CC[C@@]1(O)C(=O)OCc2c1cc1n(c2=O)Cc2c-1c(=O)c1cc(F)c(OC)cc1n2CCN. The van der Waals surface area contributed by atoms with Crippen molar-refractivity contribution in [1.82, 2.24) is 9.13 Å². The molecule has 33 heavy (non-hydrogen) atoms. The summed E-state index contributed by atoms with van der Waals surface area (Å²) < 4.78 is 27.9. The monoisotopic (exact) mass is 455 g/mol. The van der Waals surface area contributed by atoms with E-state index >= 15 is 0 Å². The number of rotatable bonds is 4.